The van der Waals surface area contributed by atoms with Gasteiger partial charge in [0.25, 0.3) is 0 Å². The van der Waals surface area contributed by atoms with E-state index in [0.717, 1.165) is 11.4 Å². The molecule has 3 heterocycles. The van der Waals surface area contributed by atoms with Gasteiger partial charge >= 0.3 is 6.18 Å². The Hall–Kier alpha value is -2.40. The van der Waals surface area contributed by atoms with E-state index in [1.807, 2.05) is 24.3 Å². The molecule has 0 amide bonds. The molecule has 0 unspecified atom stereocenters. The first-order valence-corrected chi connectivity index (χ1v) is 9.44. The fraction of sp³-hybridized carbons (Fsp3) is 0.353. The minimum atomic E-state index is -4.15. The Morgan fingerprint density at radius 2 is 1.75 bits per heavy atom. The zero-order valence-electron chi connectivity index (χ0n) is 14.7. The molecular weight excluding hydrogens is 439 g/mol. The molecule has 0 saturated carbocycles. The van der Waals surface area contributed by atoms with Crippen molar-refractivity contribution in [2.24, 2.45) is 0 Å². The van der Waals surface area contributed by atoms with Gasteiger partial charge in [-0.2, -0.15) is 18.3 Å². The summed E-state index contributed by atoms with van der Waals surface area (Å²) >= 11 is 3.37. The third-order valence-electron chi connectivity index (χ3n) is 4.53. The van der Waals surface area contributed by atoms with Crippen molar-refractivity contribution < 1.29 is 13.2 Å². The van der Waals surface area contributed by atoms with E-state index < -0.39 is 12.7 Å². The van der Waals surface area contributed by atoms with Crippen LogP contribution in [-0.4, -0.2) is 63.4 Å². The van der Waals surface area contributed by atoms with Crippen LogP contribution in [0.4, 0.5) is 30.4 Å². The molecule has 3 aromatic rings. The number of benzene rings is 1. The van der Waals surface area contributed by atoms with Gasteiger partial charge in [-0.1, -0.05) is 0 Å². The quantitative estimate of drug-likeness (QED) is 0.650. The number of anilines is 3. The lowest BCUT2D eigenvalue weighted by molar-refractivity contribution is -0.146. The lowest BCUT2D eigenvalue weighted by Gasteiger charge is -2.36. The van der Waals surface area contributed by atoms with E-state index in [4.69, 9.17) is 0 Å². The molecule has 2 aromatic heterocycles. The molecule has 148 valence electrons. The van der Waals surface area contributed by atoms with E-state index in [2.05, 4.69) is 41.2 Å². The highest BCUT2D eigenvalue weighted by Crippen LogP contribution is 2.25. The molecule has 0 aliphatic carbocycles. The summed E-state index contributed by atoms with van der Waals surface area (Å²) in [5.74, 6) is 0.578. The van der Waals surface area contributed by atoms with Gasteiger partial charge < -0.3 is 10.2 Å². The Kier molecular flexibility index (Phi) is 5.11. The smallest absolute Gasteiger partial charge is 0.369 e. The van der Waals surface area contributed by atoms with Gasteiger partial charge in [-0.15, -0.1) is 0 Å². The van der Waals surface area contributed by atoms with Gasteiger partial charge in [0.05, 0.1) is 12.7 Å². The monoisotopic (exact) mass is 455 g/mol. The number of aromatic nitrogens is 4. The topological polar surface area (TPSA) is 61.6 Å². The molecule has 1 aliphatic rings. The number of rotatable bonds is 4. The van der Waals surface area contributed by atoms with Crippen molar-refractivity contribution in [3.05, 3.63) is 41.4 Å². The minimum absolute atomic E-state index is 0.396. The maximum atomic E-state index is 12.5. The molecule has 1 saturated heterocycles. The van der Waals surface area contributed by atoms with Crippen molar-refractivity contribution in [2.75, 3.05) is 42.9 Å². The average molecular weight is 456 g/mol. The van der Waals surface area contributed by atoms with Gasteiger partial charge in [0, 0.05) is 37.6 Å². The van der Waals surface area contributed by atoms with Crippen molar-refractivity contribution in [1.29, 1.82) is 0 Å². The average Bonchev–Trinajstić information content (AvgIpc) is 3.15. The number of alkyl halides is 3. The number of nitrogens with zero attached hydrogens (tertiary/aromatic N) is 6. The van der Waals surface area contributed by atoms with Gasteiger partial charge in [0.15, 0.2) is 11.5 Å². The number of piperazine rings is 1. The summed E-state index contributed by atoms with van der Waals surface area (Å²) in [7, 11) is 0. The van der Waals surface area contributed by atoms with Crippen LogP contribution in [0.2, 0.25) is 0 Å². The Morgan fingerprint density at radius 1 is 1.04 bits per heavy atom. The van der Waals surface area contributed by atoms with Crippen molar-refractivity contribution >= 4 is 38.8 Å². The molecule has 1 aromatic carbocycles. The van der Waals surface area contributed by atoms with Crippen LogP contribution in [-0.2, 0) is 0 Å². The Bertz CT molecular complexity index is 950. The van der Waals surface area contributed by atoms with Crippen molar-refractivity contribution in [3.8, 4) is 0 Å². The van der Waals surface area contributed by atoms with E-state index >= 15 is 0 Å². The second-order valence-corrected chi connectivity index (χ2v) is 7.29. The third kappa shape index (κ3) is 4.20. The molecule has 28 heavy (non-hydrogen) atoms. The number of nitrogens with one attached hydrogen (secondary N) is 1. The number of halogens is 4. The molecule has 1 aliphatic heterocycles. The molecule has 7 nitrogen and oxygen atoms in total. The van der Waals surface area contributed by atoms with Crippen molar-refractivity contribution in [3.63, 3.8) is 0 Å². The molecule has 1 fully saturated rings. The summed E-state index contributed by atoms with van der Waals surface area (Å²) in [5.41, 5.74) is 2.41. The lowest BCUT2D eigenvalue weighted by Crippen LogP contribution is -2.49. The van der Waals surface area contributed by atoms with Crippen LogP contribution in [0.25, 0.3) is 5.65 Å². The summed E-state index contributed by atoms with van der Waals surface area (Å²) in [6.07, 6.45) is -1.06. The lowest BCUT2D eigenvalue weighted by atomic mass is 10.2. The van der Waals surface area contributed by atoms with E-state index in [0.29, 0.717) is 42.2 Å². The van der Waals surface area contributed by atoms with Crippen LogP contribution in [0.15, 0.2) is 41.4 Å². The van der Waals surface area contributed by atoms with E-state index in [9.17, 15) is 13.2 Å². The van der Waals surface area contributed by atoms with Crippen LogP contribution in [0.1, 0.15) is 0 Å². The molecule has 0 radical (unpaired) electrons. The van der Waals surface area contributed by atoms with Crippen LogP contribution < -0.4 is 10.2 Å². The number of hydrogen-bond donors (Lipinski definition) is 1. The third-order valence-corrected chi connectivity index (χ3v) is 5.07. The second kappa shape index (κ2) is 7.55. The molecule has 1 N–H and O–H groups in total. The van der Waals surface area contributed by atoms with Crippen molar-refractivity contribution in [1.82, 2.24) is 24.5 Å². The summed E-state index contributed by atoms with van der Waals surface area (Å²) in [6.45, 7) is 1.08. The SMILES string of the molecule is FC(F)(F)CN1CCN(c2ccc(Nc3ncc(Br)n4ncnc34)cc2)CC1. The highest BCUT2D eigenvalue weighted by atomic mass is 79.9. The molecule has 0 spiro atoms. The fourth-order valence-electron chi connectivity index (χ4n) is 3.19. The Morgan fingerprint density at radius 3 is 2.43 bits per heavy atom. The van der Waals surface area contributed by atoms with Gasteiger partial charge in [0.2, 0.25) is 0 Å². The zero-order chi connectivity index (χ0) is 19.7. The van der Waals surface area contributed by atoms with Crippen LogP contribution in [0, 0.1) is 0 Å². The van der Waals surface area contributed by atoms with Gasteiger partial charge in [-0.3, -0.25) is 4.90 Å². The van der Waals surface area contributed by atoms with Gasteiger partial charge in [-0.05, 0) is 40.2 Å². The maximum absolute atomic E-state index is 12.5. The summed E-state index contributed by atoms with van der Waals surface area (Å²) in [6, 6.07) is 7.71. The molecule has 0 bridgehead atoms. The van der Waals surface area contributed by atoms with Gasteiger partial charge in [0.1, 0.15) is 10.9 Å². The molecule has 11 heteroatoms. The number of hydrogen-bond acceptors (Lipinski definition) is 6. The molecular formula is C17H17BrF3N7. The predicted octanol–water partition coefficient (Wildman–Crippen LogP) is 3.31. The van der Waals surface area contributed by atoms with Crippen LogP contribution >= 0.6 is 15.9 Å². The van der Waals surface area contributed by atoms with Crippen LogP contribution in [0.3, 0.4) is 0 Å². The summed E-state index contributed by atoms with van der Waals surface area (Å²) < 4.78 is 39.8. The normalized spacial score (nSPS) is 15.9. The van der Waals surface area contributed by atoms with Crippen LogP contribution in [0.5, 0.6) is 0 Å². The van der Waals surface area contributed by atoms with Crippen molar-refractivity contribution in [2.45, 2.75) is 6.18 Å². The summed E-state index contributed by atoms with van der Waals surface area (Å²) in [5, 5.41) is 7.34. The zero-order valence-corrected chi connectivity index (χ0v) is 16.3. The molecule has 4 rings (SSSR count). The summed E-state index contributed by atoms with van der Waals surface area (Å²) in [4.78, 5) is 12.1. The highest BCUT2D eigenvalue weighted by Gasteiger charge is 2.32. The van der Waals surface area contributed by atoms with Gasteiger partial charge in [-0.25, -0.2) is 14.5 Å². The Labute approximate surface area is 167 Å². The standard InChI is InChI=1S/C17H17BrF3N7/c18-14-9-22-15(16-23-11-24-28(14)16)25-12-1-3-13(4-2-12)27-7-5-26(6-8-27)10-17(19,20)21/h1-4,9,11H,5-8,10H2,(H,22,25). The highest BCUT2D eigenvalue weighted by molar-refractivity contribution is 9.10. The first-order valence-electron chi connectivity index (χ1n) is 8.64. The number of fused-ring (bicyclic) bond motifs is 1. The Balaban J connectivity index is 1.41. The largest absolute Gasteiger partial charge is 0.401 e. The fourth-order valence-corrected chi connectivity index (χ4v) is 3.55. The van der Waals surface area contributed by atoms with E-state index in [-0.39, 0.29) is 0 Å². The predicted molar refractivity (Wildman–Crippen MR) is 103 cm³/mol. The van der Waals surface area contributed by atoms with E-state index in [1.165, 1.54) is 11.2 Å². The second-order valence-electron chi connectivity index (χ2n) is 6.48. The maximum Gasteiger partial charge on any atom is 0.401 e. The molecule has 0 atom stereocenters. The first-order chi connectivity index (χ1) is 13.4. The minimum Gasteiger partial charge on any atom is -0.369 e. The first kappa shape index (κ1) is 18.9. The van der Waals surface area contributed by atoms with E-state index in [1.54, 1.807) is 10.7 Å².